The molecular formula is C15H23ClN2O2S. The fraction of sp³-hybridized carbons (Fsp3) is 0.600. The van der Waals surface area contributed by atoms with E-state index < -0.39 is 10.0 Å². The first-order valence-electron chi connectivity index (χ1n) is 7.52. The molecule has 1 aliphatic rings. The van der Waals surface area contributed by atoms with Crippen molar-refractivity contribution < 1.29 is 8.42 Å². The number of piperidine rings is 1. The molecule has 0 amide bonds. The van der Waals surface area contributed by atoms with Gasteiger partial charge in [-0.2, -0.15) is 0 Å². The number of nitrogens with one attached hydrogen (secondary N) is 1. The van der Waals surface area contributed by atoms with Crippen molar-refractivity contribution in [3.8, 4) is 0 Å². The van der Waals surface area contributed by atoms with Crippen molar-refractivity contribution in [1.29, 1.82) is 0 Å². The van der Waals surface area contributed by atoms with E-state index in [1.165, 1.54) is 24.9 Å². The molecule has 118 valence electrons. The highest BCUT2D eigenvalue weighted by atomic mass is 35.5. The zero-order chi connectivity index (χ0) is 15.1. The Morgan fingerprint density at radius 1 is 1.05 bits per heavy atom. The molecule has 1 N–H and O–H groups in total. The van der Waals surface area contributed by atoms with E-state index in [-0.39, 0.29) is 5.75 Å². The van der Waals surface area contributed by atoms with Crippen molar-refractivity contribution in [3.05, 3.63) is 24.3 Å². The highest BCUT2D eigenvalue weighted by Gasteiger charge is 2.12. The van der Waals surface area contributed by atoms with Gasteiger partial charge in [0.15, 0.2) is 0 Å². The molecule has 0 aliphatic carbocycles. The van der Waals surface area contributed by atoms with Crippen LogP contribution in [0.15, 0.2) is 24.3 Å². The summed E-state index contributed by atoms with van der Waals surface area (Å²) in [5.41, 5.74) is 1.79. The van der Waals surface area contributed by atoms with Gasteiger partial charge in [-0.25, -0.2) is 8.42 Å². The number of anilines is 2. The average Bonchev–Trinajstić information content (AvgIpc) is 2.49. The number of sulfonamides is 1. The molecule has 1 heterocycles. The lowest BCUT2D eigenvalue weighted by Gasteiger charge is -2.28. The molecule has 0 saturated carbocycles. The Morgan fingerprint density at radius 3 is 2.33 bits per heavy atom. The quantitative estimate of drug-likeness (QED) is 0.615. The summed E-state index contributed by atoms with van der Waals surface area (Å²) >= 11 is 5.56. The van der Waals surface area contributed by atoms with E-state index in [2.05, 4.69) is 9.62 Å². The zero-order valence-electron chi connectivity index (χ0n) is 12.2. The van der Waals surface area contributed by atoms with Crippen LogP contribution in [0.5, 0.6) is 0 Å². The topological polar surface area (TPSA) is 49.4 Å². The molecule has 1 aromatic rings. The second-order valence-electron chi connectivity index (χ2n) is 5.41. The number of hydrogen-bond acceptors (Lipinski definition) is 3. The van der Waals surface area contributed by atoms with Gasteiger partial charge in [-0.3, -0.25) is 4.72 Å². The Kier molecular flexibility index (Phi) is 6.18. The van der Waals surface area contributed by atoms with Crippen molar-refractivity contribution >= 4 is 33.0 Å². The maximum absolute atomic E-state index is 11.9. The SMILES string of the molecule is O=S(=O)(CCCCCl)Nc1ccc(N2CCCCC2)cc1. The summed E-state index contributed by atoms with van der Waals surface area (Å²) in [6, 6.07) is 7.65. The molecule has 2 rings (SSSR count). The molecular weight excluding hydrogens is 308 g/mol. The second-order valence-corrected chi connectivity index (χ2v) is 7.63. The molecule has 1 aromatic carbocycles. The summed E-state index contributed by atoms with van der Waals surface area (Å²) in [4.78, 5) is 2.35. The van der Waals surface area contributed by atoms with E-state index in [9.17, 15) is 8.42 Å². The van der Waals surface area contributed by atoms with Crippen LogP contribution in [0, 0.1) is 0 Å². The van der Waals surface area contributed by atoms with Gasteiger partial charge in [0.05, 0.1) is 5.75 Å². The number of rotatable bonds is 7. The van der Waals surface area contributed by atoms with Gasteiger partial charge in [-0.1, -0.05) is 0 Å². The summed E-state index contributed by atoms with van der Waals surface area (Å²) in [5, 5.41) is 0. The monoisotopic (exact) mass is 330 g/mol. The molecule has 4 nitrogen and oxygen atoms in total. The van der Waals surface area contributed by atoms with Crippen molar-refractivity contribution in [2.24, 2.45) is 0 Å². The Morgan fingerprint density at radius 2 is 1.71 bits per heavy atom. The normalized spacial score (nSPS) is 16.0. The highest BCUT2D eigenvalue weighted by molar-refractivity contribution is 7.92. The van der Waals surface area contributed by atoms with Crippen LogP contribution in [0.3, 0.4) is 0 Å². The molecule has 0 spiro atoms. The number of unbranched alkanes of at least 4 members (excludes halogenated alkanes) is 1. The van der Waals surface area contributed by atoms with E-state index in [0.29, 0.717) is 18.0 Å². The van der Waals surface area contributed by atoms with Crippen molar-refractivity contribution in [2.75, 3.05) is 34.3 Å². The summed E-state index contributed by atoms with van der Waals surface area (Å²) in [6.45, 7) is 2.17. The molecule has 0 bridgehead atoms. The van der Waals surface area contributed by atoms with Gasteiger partial charge in [0.2, 0.25) is 10.0 Å². The van der Waals surface area contributed by atoms with Crippen LogP contribution in [0.1, 0.15) is 32.1 Å². The smallest absolute Gasteiger partial charge is 0.232 e. The lowest BCUT2D eigenvalue weighted by molar-refractivity contribution is 0.578. The van der Waals surface area contributed by atoms with E-state index in [4.69, 9.17) is 11.6 Å². The van der Waals surface area contributed by atoms with Crippen LogP contribution in [0.4, 0.5) is 11.4 Å². The lowest BCUT2D eigenvalue weighted by atomic mass is 10.1. The van der Waals surface area contributed by atoms with Gasteiger partial charge in [0.25, 0.3) is 0 Å². The van der Waals surface area contributed by atoms with Gasteiger partial charge in [-0.05, 0) is 56.4 Å². The number of nitrogens with zero attached hydrogens (tertiary/aromatic N) is 1. The number of alkyl halides is 1. The molecule has 21 heavy (non-hydrogen) atoms. The van der Waals surface area contributed by atoms with Crippen LogP contribution >= 0.6 is 11.6 Å². The molecule has 6 heteroatoms. The minimum Gasteiger partial charge on any atom is -0.372 e. The molecule has 1 aliphatic heterocycles. The maximum atomic E-state index is 11.9. The number of hydrogen-bond donors (Lipinski definition) is 1. The minimum absolute atomic E-state index is 0.119. The van der Waals surface area contributed by atoms with Gasteiger partial charge in [0.1, 0.15) is 0 Å². The number of benzene rings is 1. The van der Waals surface area contributed by atoms with Crippen molar-refractivity contribution in [2.45, 2.75) is 32.1 Å². The Labute approximate surface area is 132 Å². The second kappa shape index (κ2) is 7.90. The first-order chi connectivity index (χ1) is 10.1. The molecule has 0 atom stereocenters. The zero-order valence-corrected chi connectivity index (χ0v) is 13.8. The largest absolute Gasteiger partial charge is 0.372 e. The molecule has 0 radical (unpaired) electrons. The van der Waals surface area contributed by atoms with Crippen LogP contribution in [-0.4, -0.2) is 33.1 Å². The molecule has 1 fully saturated rings. The first kappa shape index (κ1) is 16.4. The summed E-state index contributed by atoms with van der Waals surface area (Å²) in [5.74, 6) is 0.619. The first-order valence-corrected chi connectivity index (χ1v) is 9.71. The summed E-state index contributed by atoms with van der Waals surface area (Å²) in [7, 11) is -3.27. The van der Waals surface area contributed by atoms with Crippen LogP contribution in [0.2, 0.25) is 0 Å². The number of halogens is 1. The van der Waals surface area contributed by atoms with Crippen molar-refractivity contribution in [3.63, 3.8) is 0 Å². The predicted molar refractivity (Wildman–Crippen MR) is 89.9 cm³/mol. The van der Waals surface area contributed by atoms with Gasteiger partial charge < -0.3 is 4.90 Å². The third-order valence-corrected chi connectivity index (χ3v) is 5.30. The fourth-order valence-corrected chi connectivity index (χ4v) is 3.88. The van der Waals surface area contributed by atoms with Gasteiger partial charge in [-0.15, -0.1) is 11.6 Å². The van der Waals surface area contributed by atoms with Crippen molar-refractivity contribution in [1.82, 2.24) is 0 Å². The fourth-order valence-electron chi connectivity index (χ4n) is 2.51. The predicted octanol–water partition coefficient (Wildman–Crippen LogP) is 3.44. The third-order valence-electron chi connectivity index (χ3n) is 3.66. The standard InChI is InChI=1S/C15H23ClN2O2S/c16-10-2-5-13-21(19,20)17-14-6-8-15(9-7-14)18-11-3-1-4-12-18/h6-9,17H,1-5,10-13H2. The molecule has 0 aromatic heterocycles. The Hall–Kier alpha value is -0.940. The lowest BCUT2D eigenvalue weighted by Crippen LogP contribution is -2.29. The molecule has 1 saturated heterocycles. The van der Waals surface area contributed by atoms with Gasteiger partial charge in [0, 0.05) is 30.3 Å². The van der Waals surface area contributed by atoms with E-state index in [0.717, 1.165) is 19.5 Å². The highest BCUT2D eigenvalue weighted by Crippen LogP contribution is 2.22. The van der Waals surface area contributed by atoms with Crippen LogP contribution in [0.25, 0.3) is 0 Å². The minimum atomic E-state index is -3.27. The average molecular weight is 331 g/mol. The summed E-state index contributed by atoms with van der Waals surface area (Å²) < 4.78 is 26.4. The summed E-state index contributed by atoms with van der Waals surface area (Å²) in [6.07, 6.45) is 5.07. The van der Waals surface area contributed by atoms with Gasteiger partial charge >= 0.3 is 0 Å². The Balaban J connectivity index is 1.92. The molecule has 0 unspecified atom stereocenters. The van der Waals surface area contributed by atoms with Crippen LogP contribution in [-0.2, 0) is 10.0 Å². The third kappa shape index (κ3) is 5.40. The Bertz CT molecular complexity index is 525. The van der Waals surface area contributed by atoms with E-state index in [1.807, 2.05) is 24.3 Å². The van der Waals surface area contributed by atoms with E-state index >= 15 is 0 Å². The maximum Gasteiger partial charge on any atom is 0.232 e. The van der Waals surface area contributed by atoms with Crippen LogP contribution < -0.4 is 9.62 Å². The van der Waals surface area contributed by atoms with E-state index in [1.54, 1.807) is 0 Å².